The van der Waals surface area contributed by atoms with E-state index in [1.54, 1.807) is 12.1 Å². The average Bonchev–Trinajstić information content (AvgIpc) is 2.83. The van der Waals surface area contributed by atoms with Crippen LogP contribution in [0.3, 0.4) is 0 Å². The number of benzene rings is 1. The highest BCUT2D eigenvalue weighted by Crippen LogP contribution is 2.31. The van der Waals surface area contributed by atoms with Crippen LogP contribution in [0.15, 0.2) is 18.2 Å². The summed E-state index contributed by atoms with van der Waals surface area (Å²) in [5, 5.41) is 0. The number of nitrogens with two attached hydrogens (primary N) is 1. The maximum Gasteiger partial charge on any atom is 0.149 e. The Morgan fingerprint density at radius 1 is 1.42 bits per heavy atom. The fourth-order valence-corrected chi connectivity index (χ4v) is 0.985. The Kier molecular flexibility index (Phi) is 1.64. The van der Waals surface area contributed by atoms with Crippen molar-refractivity contribution in [2.45, 2.75) is 18.9 Å². The molecular formula is C9H10FNO. The summed E-state index contributed by atoms with van der Waals surface area (Å²) >= 11 is 0. The van der Waals surface area contributed by atoms with E-state index in [4.69, 9.17) is 10.5 Å². The van der Waals surface area contributed by atoms with Crippen LogP contribution in [0.4, 0.5) is 10.1 Å². The zero-order valence-corrected chi connectivity index (χ0v) is 6.59. The van der Waals surface area contributed by atoms with Gasteiger partial charge in [-0.3, -0.25) is 0 Å². The Balaban J connectivity index is 2.23. The minimum Gasteiger partial charge on any atom is -0.488 e. The maximum absolute atomic E-state index is 12.8. The van der Waals surface area contributed by atoms with Gasteiger partial charge in [-0.15, -0.1) is 0 Å². The third kappa shape index (κ3) is 1.35. The third-order valence-corrected chi connectivity index (χ3v) is 1.83. The molecule has 2 N–H and O–H groups in total. The number of hydrogen-bond donors (Lipinski definition) is 1. The number of ether oxygens (including phenoxy) is 1. The summed E-state index contributed by atoms with van der Waals surface area (Å²) < 4.78 is 18.2. The van der Waals surface area contributed by atoms with Gasteiger partial charge >= 0.3 is 0 Å². The first-order valence-corrected chi connectivity index (χ1v) is 3.98. The van der Waals surface area contributed by atoms with E-state index in [0.29, 0.717) is 5.75 Å². The summed E-state index contributed by atoms with van der Waals surface area (Å²) in [6.45, 7) is 0. The van der Waals surface area contributed by atoms with Crippen LogP contribution in [-0.2, 0) is 0 Å². The minimum absolute atomic E-state index is 0.115. The van der Waals surface area contributed by atoms with E-state index in [1.165, 1.54) is 6.07 Å². The molecule has 1 aliphatic rings. The zero-order chi connectivity index (χ0) is 8.55. The first-order chi connectivity index (χ1) is 5.77. The van der Waals surface area contributed by atoms with Crippen molar-refractivity contribution in [2.24, 2.45) is 0 Å². The van der Waals surface area contributed by atoms with Crippen LogP contribution in [0, 0.1) is 5.82 Å². The van der Waals surface area contributed by atoms with Crippen molar-refractivity contribution in [1.29, 1.82) is 0 Å². The molecular weight excluding hydrogens is 157 g/mol. The molecule has 2 rings (SSSR count). The van der Waals surface area contributed by atoms with E-state index < -0.39 is 5.82 Å². The lowest BCUT2D eigenvalue weighted by molar-refractivity contribution is 0.303. The molecule has 0 unspecified atom stereocenters. The van der Waals surface area contributed by atoms with Crippen LogP contribution in [-0.4, -0.2) is 6.10 Å². The van der Waals surface area contributed by atoms with Gasteiger partial charge in [0, 0.05) is 0 Å². The number of para-hydroxylation sites is 1. The van der Waals surface area contributed by atoms with Gasteiger partial charge in [-0.2, -0.15) is 0 Å². The lowest BCUT2D eigenvalue weighted by Gasteiger charge is -2.07. The first-order valence-electron chi connectivity index (χ1n) is 3.98. The summed E-state index contributed by atoms with van der Waals surface area (Å²) in [6.07, 6.45) is 2.36. The largest absolute Gasteiger partial charge is 0.488 e. The molecule has 1 aromatic carbocycles. The summed E-state index contributed by atoms with van der Waals surface area (Å²) in [5.41, 5.74) is 5.57. The van der Waals surface area contributed by atoms with E-state index in [0.717, 1.165) is 12.8 Å². The fourth-order valence-electron chi connectivity index (χ4n) is 0.985. The van der Waals surface area contributed by atoms with E-state index in [2.05, 4.69) is 0 Å². The van der Waals surface area contributed by atoms with E-state index in [-0.39, 0.29) is 11.8 Å². The van der Waals surface area contributed by atoms with Gasteiger partial charge in [-0.25, -0.2) is 4.39 Å². The van der Waals surface area contributed by atoms with Gasteiger partial charge in [0.1, 0.15) is 17.3 Å². The van der Waals surface area contributed by atoms with Crippen molar-refractivity contribution in [3.05, 3.63) is 24.0 Å². The monoisotopic (exact) mass is 167 g/mol. The molecule has 0 atom stereocenters. The van der Waals surface area contributed by atoms with Crippen molar-refractivity contribution < 1.29 is 9.13 Å². The molecule has 0 aromatic heterocycles. The molecule has 12 heavy (non-hydrogen) atoms. The van der Waals surface area contributed by atoms with Crippen LogP contribution in [0.25, 0.3) is 0 Å². The average molecular weight is 167 g/mol. The standard InChI is InChI=1S/C9H10FNO/c10-7-2-1-3-8(9(7)11)12-6-4-5-6/h1-3,6H,4-5,11H2. The minimum atomic E-state index is -0.409. The molecule has 0 heterocycles. The van der Waals surface area contributed by atoms with E-state index in [9.17, 15) is 4.39 Å². The number of nitrogen functional groups attached to an aromatic ring is 1. The van der Waals surface area contributed by atoms with Crippen molar-refractivity contribution in [3.63, 3.8) is 0 Å². The summed E-state index contributed by atoms with van der Waals surface area (Å²) in [4.78, 5) is 0. The van der Waals surface area contributed by atoms with Gasteiger partial charge in [0.2, 0.25) is 0 Å². The third-order valence-electron chi connectivity index (χ3n) is 1.83. The van der Waals surface area contributed by atoms with Crippen molar-refractivity contribution in [3.8, 4) is 5.75 Å². The van der Waals surface area contributed by atoms with Gasteiger partial charge in [-0.05, 0) is 25.0 Å². The Hall–Kier alpha value is -1.25. The SMILES string of the molecule is Nc1c(F)cccc1OC1CC1. The highest BCUT2D eigenvalue weighted by atomic mass is 19.1. The number of halogens is 1. The second kappa shape index (κ2) is 2.66. The van der Waals surface area contributed by atoms with Crippen molar-refractivity contribution in [2.75, 3.05) is 5.73 Å². The van der Waals surface area contributed by atoms with Gasteiger partial charge in [0.05, 0.1) is 6.10 Å². The highest BCUT2D eigenvalue weighted by molar-refractivity contribution is 5.53. The molecule has 0 radical (unpaired) electrons. The lowest BCUT2D eigenvalue weighted by Crippen LogP contribution is -2.01. The van der Waals surface area contributed by atoms with Gasteiger partial charge in [0.15, 0.2) is 0 Å². The summed E-state index contributed by atoms with van der Waals surface area (Å²) in [7, 11) is 0. The summed E-state index contributed by atoms with van der Waals surface area (Å²) in [5.74, 6) is 0.0608. The number of rotatable bonds is 2. The van der Waals surface area contributed by atoms with E-state index >= 15 is 0 Å². The van der Waals surface area contributed by atoms with Gasteiger partial charge in [-0.1, -0.05) is 6.07 Å². The predicted octanol–water partition coefficient (Wildman–Crippen LogP) is 1.95. The summed E-state index contributed by atoms with van der Waals surface area (Å²) in [6, 6.07) is 4.62. The number of hydrogen-bond acceptors (Lipinski definition) is 2. The Morgan fingerprint density at radius 2 is 2.17 bits per heavy atom. The normalized spacial score (nSPS) is 16.1. The smallest absolute Gasteiger partial charge is 0.149 e. The zero-order valence-electron chi connectivity index (χ0n) is 6.59. The molecule has 0 spiro atoms. The molecule has 1 fully saturated rings. The fraction of sp³-hybridized carbons (Fsp3) is 0.333. The van der Waals surface area contributed by atoms with E-state index in [1.807, 2.05) is 0 Å². The van der Waals surface area contributed by atoms with Gasteiger partial charge in [0.25, 0.3) is 0 Å². The molecule has 0 amide bonds. The second-order valence-corrected chi connectivity index (χ2v) is 2.97. The van der Waals surface area contributed by atoms with Crippen LogP contribution in [0.1, 0.15) is 12.8 Å². The molecule has 1 aliphatic carbocycles. The predicted molar refractivity (Wildman–Crippen MR) is 44.5 cm³/mol. The van der Waals surface area contributed by atoms with Crippen LogP contribution >= 0.6 is 0 Å². The molecule has 1 saturated carbocycles. The molecule has 0 bridgehead atoms. The quantitative estimate of drug-likeness (QED) is 0.683. The van der Waals surface area contributed by atoms with Crippen LogP contribution < -0.4 is 10.5 Å². The highest BCUT2D eigenvalue weighted by Gasteiger charge is 2.24. The van der Waals surface area contributed by atoms with Crippen molar-refractivity contribution >= 4 is 5.69 Å². The number of anilines is 1. The molecule has 0 saturated heterocycles. The maximum atomic E-state index is 12.8. The molecule has 0 aliphatic heterocycles. The van der Waals surface area contributed by atoms with Crippen LogP contribution in [0.5, 0.6) is 5.75 Å². The van der Waals surface area contributed by atoms with Gasteiger partial charge < -0.3 is 10.5 Å². The molecule has 2 nitrogen and oxygen atoms in total. The molecule has 3 heteroatoms. The Labute approximate surface area is 70.1 Å². The Morgan fingerprint density at radius 3 is 2.83 bits per heavy atom. The molecule has 1 aromatic rings. The lowest BCUT2D eigenvalue weighted by atomic mass is 10.3. The Bertz CT molecular complexity index is 297. The topological polar surface area (TPSA) is 35.2 Å². The van der Waals surface area contributed by atoms with Crippen LogP contribution in [0.2, 0.25) is 0 Å². The van der Waals surface area contributed by atoms with Crippen molar-refractivity contribution in [1.82, 2.24) is 0 Å². The first kappa shape index (κ1) is 7.40. The second-order valence-electron chi connectivity index (χ2n) is 2.97. The molecule has 64 valence electrons.